The van der Waals surface area contributed by atoms with Crippen molar-refractivity contribution in [2.75, 3.05) is 32.4 Å². The lowest BCUT2D eigenvalue weighted by atomic mass is 9.79. The van der Waals surface area contributed by atoms with Gasteiger partial charge in [0.2, 0.25) is 5.91 Å². The van der Waals surface area contributed by atoms with E-state index in [0.717, 1.165) is 17.5 Å². The van der Waals surface area contributed by atoms with Crippen molar-refractivity contribution in [1.29, 1.82) is 0 Å². The largest absolute Gasteiger partial charge is 0.497 e. The fraction of sp³-hybridized carbons (Fsp3) is 0.368. The first-order valence-corrected chi connectivity index (χ1v) is 17.2. The molecule has 3 heterocycles. The van der Waals surface area contributed by atoms with Gasteiger partial charge in [-0.15, -0.1) is 0 Å². The lowest BCUT2D eigenvalue weighted by Crippen LogP contribution is -2.41. The number of methoxy groups -OCH3 is 1. The number of fused-ring (bicyclic) bond motifs is 1. The molecule has 298 valence electrons. The highest BCUT2D eigenvalue weighted by Crippen LogP contribution is 2.43. The number of carbonyl (C=O) groups excluding carboxylic acids is 1. The fourth-order valence-corrected chi connectivity index (χ4v) is 6.47. The number of aromatic nitrogens is 4. The zero-order valence-corrected chi connectivity index (χ0v) is 30.1. The van der Waals surface area contributed by atoms with Crippen LogP contribution in [0.2, 0.25) is 0 Å². The van der Waals surface area contributed by atoms with E-state index in [1.54, 1.807) is 12.1 Å². The number of alkyl halides is 6. The molecule has 6 rings (SSSR count). The van der Waals surface area contributed by atoms with Gasteiger partial charge in [-0.1, -0.05) is 72.3 Å². The van der Waals surface area contributed by atoms with E-state index in [1.807, 2.05) is 73.7 Å². The van der Waals surface area contributed by atoms with E-state index in [4.69, 9.17) is 23.7 Å². The average molecular weight is 790 g/mol. The molecule has 5 atom stereocenters. The van der Waals surface area contributed by atoms with Gasteiger partial charge in [0.25, 0.3) is 0 Å². The minimum atomic E-state index is -5.63. The van der Waals surface area contributed by atoms with Gasteiger partial charge in [-0.2, -0.15) is 26.3 Å². The Morgan fingerprint density at radius 1 is 0.911 bits per heavy atom. The quantitative estimate of drug-likeness (QED) is 0.0558. The maximum Gasteiger partial charge on any atom is 0.402 e. The highest BCUT2D eigenvalue weighted by Gasteiger charge is 2.57. The molecule has 1 fully saturated rings. The molecule has 0 radical (unpaired) electrons. The molecule has 2 unspecified atom stereocenters. The van der Waals surface area contributed by atoms with Gasteiger partial charge < -0.3 is 34.1 Å². The van der Waals surface area contributed by atoms with Crippen molar-refractivity contribution < 1.29 is 59.9 Å². The molecule has 18 heteroatoms. The first-order valence-electron chi connectivity index (χ1n) is 17.2. The number of nitrogens with zero attached hydrogens (tertiary/aromatic N) is 4. The Morgan fingerprint density at radius 3 is 2.14 bits per heavy atom. The van der Waals surface area contributed by atoms with Crippen LogP contribution in [0, 0.1) is 12.8 Å². The van der Waals surface area contributed by atoms with Crippen molar-refractivity contribution >= 4 is 22.9 Å². The molecule has 5 aromatic rings. The summed E-state index contributed by atoms with van der Waals surface area (Å²) in [4.78, 5) is 24.4. The predicted molar refractivity (Wildman–Crippen MR) is 187 cm³/mol. The molecule has 2 N–H and O–H groups in total. The summed E-state index contributed by atoms with van der Waals surface area (Å²) in [5, 5.41) is 14.3. The summed E-state index contributed by atoms with van der Waals surface area (Å²) in [6.45, 7) is 0.00426. The topological polar surface area (TPSA) is 139 Å². The van der Waals surface area contributed by atoms with Crippen molar-refractivity contribution in [2.24, 2.45) is 5.92 Å². The molecular formula is C38H37F6N5O7. The molecule has 0 saturated carbocycles. The molecule has 1 saturated heterocycles. The van der Waals surface area contributed by atoms with Crippen molar-refractivity contribution in [2.45, 2.75) is 56.3 Å². The number of hydrogen-bond acceptors (Lipinski definition) is 10. The first-order chi connectivity index (χ1) is 26.6. The summed E-state index contributed by atoms with van der Waals surface area (Å²) in [5.74, 6) is -3.58. The Labute approximate surface area is 316 Å². The minimum Gasteiger partial charge on any atom is -0.497 e. The third kappa shape index (κ3) is 8.48. The number of amides is 1. The number of rotatable bonds is 14. The lowest BCUT2D eigenvalue weighted by molar-refractivity contribution is -0.299. The van der Waals surface area contributed by atoms with Gasteiger partial charge in [-0.3, -0.25) is 9.36 Å². The molecule has 56 heavy (non-hydrogen) atoms. The van der Waals surface area contributed by atoms with Crippen LogP contribution in [0.25, 0.3) is 11.2 Å². The zero-order chi connectivity index (χ0) is 40.3. The molecule has 3 aromatic carbocycles. The van der Waals surface area contributed by atoms with Crippen molar-refractivity contribution in [1.82, 2.24) is 19.5 Å². The lowest BCUT2D eigenvalue weighted by Gasteiger charge is -2.37. The van der Waals surface area contributed by atoms with Gasteiger partial charge in [0.1, 0.15) is 42.8 Å². The number of imidazole rings is 1. The average Bonchev–Trinajstić information content (AvgIpc) is 3.72. The van der Waals surface area contributed by atoms with Crippen LogP contribution in [0.15, 0.2) is 91.5 Å². The summed E-state index contributed by atoms with van der Waals surface area (Å²) >= 11 is 0. The third-order valence-corrected chi connectivity index (χ3v) is 9.26. The maximum absolute atomic E-state index is 13.2. The van der Waals surface area contributed by atoms with E-state index in [2.05, 4.69) is 20.3 Å². The van der Waals surface area contributed by atoms with Gasteiger partial charge in [-0.25, -0.2) is 15.0 Å². The highest BCUT2D eigenvalue weighted by atomic mass is 19.4. The number of aryl methyl sites for hydroxylation is 1. The van der Waals surface area contributed by atoms with E-state index >= 15 is 0 Å². The first kappa shape index (κ1) is 40.5. The van der Waals surface area contributed by atoms with Crippen LogP contribution >= 0.6 is 0 Å². The Hall–Kier alpha value is -5.14. The second-order valence-electron chi connectivity index (χ2n) is 13.0. The number of hydrogen-bond donors (Lipinski definition) is 2. The number of benzene rings is 3. The Bertz CT molecular complexity index is 2070. The molecule has 1 amide bonds. The van der Waals surface area contributed by atoms with Crippen LogP contribution < -0.4 is 10.1 Å². The summed E-state index contributed by atoms with van der Waals surface area (Å²) in [6.07, 6.45) is -14.5. The van der Waals surface area contributed by atoms with Gasteiger partial charge in [-0.05, 0) is 35.7 Å². The maximum atomic E-state index is 13.2. The summed E-state index contributed by atoms with van der Waals surface area (Å²) < 4.78 is 110. The van der Waals surface area contributed by atoms with Crippen LogP contribution in [0.1, 0.15) is 35.4 Å². The zero-order valence-electron chi connectivity index (χ0n) is 30.1. The predicted octanol–water partition coefficient (Wildman–Crippen LogP) is 6.47. The smallest absolute Gasteiger partial charge is 0.402 e. The van der Waals surface area contributed by atoms with Gasteiger partial charge in [0, 0.05) is 6.92 Å². The van der Waals surface area contributed by atoms with E-state index in [9.17, 15) is 36.2 Å². The molecule has 1 aliphatic heterocycles. The van der Waals surface area contributed by atoms with Crippen LogP contribution in [0.3, 0.4) is 0 Å². The number of aliphatic hydroxyl groups is 1. The summed E-state index contributed by atoms with van der Waals surface area (Å²) in [7, 11) is 1.54. The Morgan fingerprint density at radius 2 is 1.54 bits per heavy atom. The molecule has 0 bridgehead atoms. The summed E-state index contributed by atoms with van der Waals surface area (Å²) in [6, 6.07) is 24.2. The number of anilines is 1. The van der Waals surface area contributed by atoms with Gasteiger partial charge >= 0.3 is 12.4 Å². The van der Waals surface area contributed by atoms with E-state index in [1.165, 1.54) is 24.9 Å². The number of halogens is 6. The van der Waals surface area contributed by atoms with E-state index < -0.39 is 67.7 Å². The molecule has 2 aromatic heterocycles. The third-order valence-electron chi connectivity index (χ3n) is 9.26. The standard InChI is InChI=1S/C38H37F6N5O7/c1-22-9-11-25(12-10-22)36(24-7-5-4-6-8-24,26-13-15-27(52-3)16-14-26)55-17-28-31(51)32(54-21-53-18-29(37(39,40)41)38(42,43)44)35(56-28)49-20-47-30-33(48-23(2)50)45-19-46-34(30)49/h4-16,19-20,28-29,31-32,35,51H,17-18,21H2,1-3H3,(H,45,46,48,50)/t28-,31?,32+,35-,36?/m1/s1. The van der Waals surface area contributed by atoms with Crippen molar-refractivity contribution in [3.05, 3.63) is 114 Å². The van der Waals surface area contributed by atoms with Crippen molar-refractivity contribution in [3.8, 4) is 5.75 Å². The fourth-order valence-electron chi connectivity index (χ4n) is 6.47. The Balaban J connectivity index is 1.36. The SMILES string of the molecule is COc1ccc(C(OC[C@H]2O[C@@H](n3cnc4c(NC(C)=O)ncnc43)[C@@H](OCOCC(C(F)(F)F)C(F)(F)F)C2O)(c2ccccc2)c2ccc(C)cc2)cc1. The monoisotopic (exact) mass is 789 g/mol. The van der Waals surface area contributed by atoms with E-state index in [0.29, 0.717) is 16.9 Å². The molecular weight excluding hydrogens is 752 g/mol. The Kier molecular flexibility index (Phi) is 12.0. The van der Waals surface area contributed by atoms with Crippen LogP contribution in [-0.4, -0.2) is 88.3 Å². The molecule has 0 aliphatic carbocycles. The summed E-state index contributed by atoms with van der Waals surface area (Å²) in [5.41, 5.74) is 2.01. The molecule has 12 nitrogen and oxygen atoms in total. The van der Waals surface area contributed by atoms with Gasteiger partial charge in [0.05, 0.1) is 26.7 Å². The molecule has 0 spiro atoms. The van der Waals surface area contributed by atoms with Gasteiger partial charge in [0.15, 0.2) is 29.1 Å². The van der Waals surface area contributed by atoms with Crippen molar-refractivity contribution in [3.63, 3.8) is 0 Å². The number of nitrogens with one attached hydrogen (secondary N) is 1. The second-order valence-corrected chi connectivity index (χ2v) is 13.0. The normalized spacial score (nSPS) is 20.0. The molecule has 1 aliphatic rings. The minimum absolute atomic E-state index is 0.0519. The number of ether oxygens (including phenoxy) is 5. The number of aliphatic hydroxyl groups excluding tert-OH is 1. The van der Waals surface area contributed by atoms with Crippen LogP contribution in [0.4, 0.5) is 32.2 Å². The van der Waals surface area contributed by atoms with E-state index in [-0.39, 0.29) is 23.6 Å². The second kappa shape index (κ2) is 16.5. The number of carbonyl (C=O) groups is 1. The highest BCUT2D eigenvalue weighted by molar-refractivity contribution is 5.95. The van der Waals surface area contributed by atoms with Crippen LogP contribution in [-0.2, 0) is 29.3 Å². The van der Waals surface area contributed by atoms with Crippen LogP contribution in [0.5, 0.6) is 5.75 Å².